The molecule has 1 atom stereocenters. The number of hydrogen-bond acceptors (Lipinski definition) is 3. The number of likely N-dealkylation sites (tertiary alicyclic amines) is 1. The van der Waals surface area contributed by atoms with Gasteiger partial charge in [0.2, 0.25) is 5.91 Å². The Hall–Kier alpha value is -1.95. The van der Waals surface area contributed by atoms with Crippen LogP contribution in [0.25, 0.3) is 0 Å². The second kappa shape index (κ2) is 6.67. The first-order valence-corrected chi connectivity index (χ1v) is 7.00. The lowest BCUT2D eigenvalue weighted by Gasteiger charge is -2.34. The van der Waals surface area contributed by atoms with E-state index in [1.165, 1.54) is 12.1 Å². The summed E-state index contributed by atoms with van der Waals surface area (Å²) in [7, 11) is 1.58. The van der Waals surface area contributed by atoms with E-state index in [2.05, 4.69) is 5.32 Å². The fourth-order valence-electron chi connectivity index (χ4n) is 2.69. The number of carboxylic acid groups (broad SMARTS) is 1. The molecular weight excluding hydrogens is 275 g/mol. The van der Waals surface area contributed by atoms with Crippen molar-refractivity contribution in [2.75, 3.05) is 13.6 Å². The minimum atomic E-state index is -1.09. The summed E-state index contributed by atoms with van der Waals surface area (Å²) < 4.78 is 13.9. The van der Waals surface area contributed by atoms with Crippen LogP contribution in [0.5, 0.6) is 0 Å². The van der Waals surface area contributed by atoms with E-state index >= 15 is 0 Å². The highest BCUT2D eigenvalue weighted by Gasteiger charge is 2.28. The SMILES string of the molecule is CNC(=O)C1CCCCN1Cc1cc(C(=O)O)ccc1F. The lowest BCUT2D eigenvalue weighted by Crippen LogP contribution is -2.48. The van der Waals surface area contributed by atoms with Gasteiger partial charge in [0.15, 0.2) is 0 Å². The minimum Gasteiger partial charge on any atom is -0.478 e. The van der Waals surface area contributed by atoms with Gasteiger partial charge in [-0.15, -0.1) is 0 Å². The van der Waals surface area contributed by atoms with E-state index in [1.54, 1.807) is 7.05 Å². The number of nitrogens with zero attached hydrogens (tertiary/aromatic N) is 1. The molecule has 1 aromatic carbocycles. The van der Waals surface area contributed by atoms with Crippen molar-refractivity contribution in [3.05, 3.63) is 35.1 Å². The highest BCUT2D eigenvalue weighted by molar-refractivity contribution is 5.87. The summed E-state index contributed by atoms with van der Waals surface area (Å²) in [4.78, 5) is 24.8. The Bertz CT molecular complexity index is 548. The summed E-state index contributed by atoms with van der Waals surface area (Å²) in [6.07, 6.45) is 2.65. The van der Waals surface area contributed by atoms with Crippen LogP contribution in [0, 0.1) is 5.82 Å². The van der Waals surface area contributed by atoms with Crippen molar-refractivity contribution in [3.63, 3.8) is 0 Å². The second-order valence-corrected chi connectivity index (χ2v) is 5.21. The van der Waals surface area contributed by atoms with Gasteiger partial charge in [0, 0.05) is 19.2 Å². The summed E-state index contributed by atoms with van der Waals surface area (Å²) in [5.41, 5.74) is 0.366. The van der Waals surface area contributed by atoms with Gasteiger partial charge in [0.25, 0.3) is 0 Å². The number of halogens is 1. The van der Waals surface area contributed by atoms with Gasteiger partial charge in [0.05, 0.1) is 11.6 Å². The molecule has 21 heavy (non-hydrogen) atoms. The molecule has 0 aromatic heterocycles. The van der Waals surface area contributed by atoms with Crippen LogP contribution in [-0.4, -0.2) is 41.5 Å². The molecule has 0 radical (unpaired) electrons. The van der Waals surface area contributed by atoms with Crippen molar-refractivity contribution in [2.45, 2.75) is 31.8 Å². The maximum absolute atomic E-state index is 13.9. The molecule has 5 nitrogen and oxygen atoms in total. The average Bonchev–Trinajstić information content (AvgIpc) is 2.49. The number of aromatic carboxylic acids is 1. The van der Waals surface area contributed by atoms with Gasteiger partial charge in [-0.1, -0.05) is 6.42 Å². The van der Waals surface area contributed by atoms with Crippen LogP contribution in [0.15, 0.2) is 18.2 Å². The number of carbonyl (C=O) groups is 2. The molecule has 0 saturated carbocycles. The van der Waals surface area contributed by atoms with Crippen LogP contribution in [-0.2, 0) is 11.3 Å². The molecule has 1 aliphatic rings. The van der Waals surface area contributed by atoms with Crippen molar-refractivity contribution < 1.29 is 19.1 Å². The smallest absolute Gasteiger partial charge is 0.335 e. The molecular formula is C15H19FN2O3. The number of nitrogens with one attached hydrogen (secondary N) is 1. The largest absolute Gasteiger partial charge is 0.478 e. The molecule has 1 unspecified atom stereocenters. The van der Waals surface area contributed by atoms with E-state index in [0.29, 0.717) is 12.1 Å². The van der Waals surface area contributed by atoms with Crippen LogP contribution < -0.4 is 5.32 Å². The van der Waals surface area contributed by atoms with Gasteiger partial charge in [-0.05, 0) is 37.6 Å². The highest BCUT2D eigenvalue weighted by atomic mass is 19.1. The molecule has 1 fully saturated rings. The molecule has 0 bridgehead atoms. The lowest BCUT2D eigenvalue weighted by molar-refractivity contribution is -0.127. The highest BCUT2D eigenvalue weighted by Crippen LogP contribution is 2.21. The summed E-state index contributed by atoms with van der Waals surface area (Å²) in [6, 6.07) is 3.47. The van der Waals surface area contributed by atoms with Crippen LogP contribution >= 0.6 is 0 Å². The number of carboxylic acids is 1. The number of amides is 1. The second-order valence-electron chi connectivity index (χ2n) is 5.21. The van der Waals surface area contributed by atoms with Gasteiger partial charge >= 0.3 is 5.97 Å². The Kier molecular flexibility index (Phi) is 4.90. The van der Waals surface area contributed by atoms with Crippen molar-refractivity contribution >= 4 is 11.9 Å². The van der Waals surface area contributed by atoms with Crippen molar-refractivity contribution in [1.29, 1.82) is 0 Å². The van der Waals surface area contributed by atoms with E-state index in [0.717, 1.165) is 25.3 Å². The standard InChI is InChI=1S/C15H19FN2O3/c1-17-14(19)13-4-2-3-7-18(13)9-11-8-10(15(20)21)5-6-12(11)16/h5-6,8,13H,2-4,7,9H2,1H3,(H,17,19)(H,20,21). The maximum atomic E-state index is 13.9. The van der Waals surface area contributed by atoms with Gasteiger partial charge in [0.1, 0.15) is 5.82 Å². The van der Waals surface area contributed by atoms with E-state index in [-0.39, 0.29) is 24.1 Å². The molecule has 6 heteroatoms. The summed E-state index contributed by atoms with van der Waals surface area (Å²) in [6.45, 7) is 0.944. The third kappa shape index (κ3) is 3.58. The number of rotatable bonds is 4. The first-order chi connectivity index (χ1) is 10.0. The molecule has 1 aliphatic heterocycles. The molecule has 0 aliphatic carbocycles. The van der Waals surface area contributed by atoms with Crippen LogP contribution in [0.2, 0.25) is 0 Å². The molecule has 1 aromatic rings. The number of carbonyl (C=O) groups excluding carboxylic acids is 1. The predicted octanol–water partition coefficient (Wildman–Crippen LogP) is 1.62. The Morgan fingerprint density at radius 2 is 2.19 bits per heavy atom. The zero-order chi connectivity index (χ0) is 15.4. The van der Waals surface area contributed by atoms with E-state index in [4.69, 9.17) is 5.11 Å². The predicted molar refractivity (Wildman–Crippen MR) is 75.5 cm³/mol. The zero-order valence-corrected chi connectivity index (χ0v) is 11.9. The first kappa shape index (κ1) is 15.4. The minimum absolute atomic E-state index is 0.0555. The lowest BCUT2D eigenvalue weighted by atomic mass is 10.00. The first-order valence-electron chi connectivity index (χ1n) is 7.00. The fourth-order valence-corrected chi connectivity index (χ4v) is 2.69. The topological polar surface area (TPSA) is 69.6 Å². The monoisotopic (exact) mass is 294 g/mol. The molecule has 1 amide bonds. The molecule has 1 saturated heterocycles. The molecule has 2 N–H and O–H groups in total. The summed E-state index contributed by atoms with van der Waals surface area (Å²) in [5, 5.41) is 11.6. The van der Waals surface area contributed by atoms with E-state index in [9.17, 15) is 14.0 Å². The molecule has 0 spiro atoms. The third-order valence-corrected chi connectivity index (χ3v) is 3.83. The van der Waals surface area contributed by atoms with Crippen molar-refractivity contribution in [2.24, 2.45) is 0 Å². The maximum Gasteiger partial charge on any atom is 0.335 e. The Morgan fingerprint density at radius 3 is 2.86 bits per heavy atom. The quantitative estimate of drug-likeness (QED) is 0.885. The van der Waals surface area contributed by atoms with Crippen molar-refractivity contribution in [1.82, 2.24) is 10.2 Å². The van der Waals surface area contributed by atoms with Gasteiger partial charge in [-0.2, -0.15) is 0 Å². The number of piperidine rings is 1. The summed E-state index contributed by atoms with van der Waals surface area (Å²) in [5.74, 6) is -1.61. The van der Waals surface area contributed by atoms with Crippen LogP contribution in [0.4, 0.5) is 4.39 Å². The van der Waals surface area contributed by atoms with E-state index < -0.39 is 11.8 Å². The Morgan fingerprint density at radius 1 is 1.43 bits per heavy atom. The number of likely N-dealkylation sites (N-methyl/N-ethyl adjacent to an activating group) is 1. The number of hydrogen-bond donors (Lipinski definition) is 2. The Balaban J connectivity index is 2.20. The molecule has 2 rings (SSSR count). The third-order valence-electron chi connectivity index (χ3n) is 3.83. The Labute approximate surface area is 122 Å². The normalized spacial score (nSPS) is 19.2. The fraction of sp³-hybridized carbons (Fsp3) is 0.467. The van der Waals surface area contributed by atoms with Crippen LogP contribution in [0.3, 0.4) is 0 Å². The van der Waals surface area contributed by atoms with Crippen LogP contribution in [0.1, 0.15) is 35.2 Å². The average molecular weight is 294 g/mol. The zero-order valence-electron chi connectivity index (χ0n) is 11.9. The summed E-state index contributed by atoms with van der Waals surface area (Å²) >= 11 is 0. The van der Waals surface area contributed by atoms with Crippen molar-refractivity contribution in [3.8, 4) is 0 Å². The van der Waals surface area contributed by atoms with Gasteiger partial charge < -0.3 is 10.4 Å². The molecule has 114 valence electrons. The van der Waals surface area contributed by atoms with Gasteiger partial charge in [-0.25, -0.2) is 9.18 Å². The number of benzene rings is 1. The molecule has 1 heterocycles. The van der Waals surface area contributed by atoms with Gasteiger partial charge in [-0.3, -0.25) is 9.69 Å². The van der Waals surface area contributed by atoms with E-state index in [1.807, 2.05) is 4.90 Å².